The van der Waals surface area contributed by atoms with Crippen LogP contribution in [0.2, 0.25) is 0 Å². The Bertz CT molecular complexity index is 1580. The number of benzene rings is 2. The monoisotopic (exact) mass is 617 g/mol. The molecule has 4 aliphatic rings. The number of halogens is 1. The second-order valence-corrected chi connectivity index (χ2v) is 12.8. The van der Waals surface area contributed by atoms with E-state index < -0.39 is 29.1 Å². The van der Waals surface area contributed by atoms with Crippen molar-refractivity contribution in [3.8, 4) is 11.5 Å². The summed E-state index contributed by atoms with van der Waals surface area (Å²) in [5, 5.41) is 10.6. The minimum absolute atomic E-state index is 0.0610. The van der Waals surface area contributed by atoms with E-state index in [1.54, 1.807) is 26.0 Å². The van der Waals surface area contributed by atoms with Crippen LogP contribution in [0.25, 0.3) is 0 Å². The zero-order valence-electron chi connectivity index (χ0n) is 23.4. The highest BCUT2D eigenvalue weighted by atomic mass is 79.9. The third-order valence-electron chi connectivity index (χ3n) is 10.0. The third-order valence-corrected chi connectivity index (χ3v) is 10.7. The van der Waals surface area contributed by atoms with E-state index in [0.29, 0.717) is 34.0 Å². The van der Waals surface area contributed by atoms with Gasteiger partial charge in [-0.25, -0.2) is 0 Å². The van der Waals surface area contributed by atoms with E-state index in [-0.39, 0.29) is 47.3 Å². The molecule has 1 saturated heterocycles. The summed E-state index contributed by atoms with van der Waals surface area (Å²) in [5.74, 6) is -3.09. The van der Waals surface area contributed by atoms with Crippen molar-refractivity contribution in [1.82, 2.24) is 4.90 Å². The van der Waals surface area contributed by atoms with Gasteiger partial charge < -0.3 is 9.84 Å². The summed E-state index contributed by atoms with van der Waals surface area (Å²) < 4.78 is 5.86. The summed E-state index contributed by atoms with van der Waals surface area (Å²) in [6.45, 7) is 5.47. The molecule has 0 unspecified atom stereocenters. The summed E-state index contributed by atoms with van der Waals surface area (Å²) in [6.07, 6.45) is 2.74. The molecule has 0 aromatic heterocycles. The van der Waals surface area contributed by atoms with E-state index in [4.69, 9.17) is 4.74 Å². The van der Waals surface area contributed by atoms with Gasteiger partial charge in [0.2, 0.25) is 11.8 Å². The smallest absolute Gasteiger partial charge is 0.234 e. The molecule has 0 radical (unpaired) electrons. The molecule has 0 bridgehead atoms. The van der Waals surface area contributed by atoms with Crippen molar-refractivity contribution >= 4 is 39.3 Å². The number of Topliss-reactive ketones (excluding diaryl/α,β-unsaturated/α-hetero) is 2. The number of imide groups is 1. The number of ether oxygens (including phenoxy) is 1. The fraction of sp³-hybridized carbons (Fsp3) is 0.394. The third kappa shape index (κ3) is 3.90. The number of methoxy groups -OCH3 is 1. The second-order valence-electron chi connectivity index (χ2n) is 11.9. The van der Waals surface area contributed by atoms with Crippen molar-refractivity contribution in [2.75, 3.05) is 7.11 Å². The van der Waals surface area contributed by atoms with Crippen molar-refractivity contribution in [1.29, 1.82) is 0 Å². The summed E-state index contributed by atoms with van der Waals surface area (Å²) in [5.41, 5.74) is 2.30. The van der Waals surface area contributed by atoms with E-state index in [1.807, 2.05) is 43.3 Å². The number of allylic oxidation sites excluding steroid dienone is 4. The van der Waals surface area contributed by atoms with Gasteiger partial charge in [-0.1, -0.05) is 48.9 Å². The van der Waals surface area contributed by atoms with Crippen LogP contribution in [0, 0.1) is 29.1 Å². The normalized spacial score (nSPS) is 31.1. The fourth-order valence-corrected chi connectivity index (χ4v) is 8.32. The Morgan fingerprint density at radius 2 is 1.73 bits per heavy atom. The van der Waals surface area contributed by atoms with E-state index >= 15 is 0 Å². The van der Waals surface area contributed by atoms with Crippen LogP contribution in [0.1, 0.15) is 50.7 Å². The molecule has 2 aromatic carbocycles. The topological polar surface area (TPSA) is 101 Å². The van der Waals surface area contributed by atoms with Gasteiger partial charge in [-0.2, -0.15) is 0 Å². The number of rotatable bonds is 4. The summed E-state index contributed by atoms with van der Waals surface area (Å²) in [7, 11) is 1.46. The summed E-state index contributed by atoms with van der Waals surface area (Å²) in [6, 6.07) is 12.9. The molecular formula is C33H32BrNO6. The lowest BCUT2D eigenvalue weighted by molar-refractivity contribution is -0.143. The number of aromatic hydroxyl groups is 1. The Hall–Kier alpha value is -3.52. The maximum Gasteiger partial charge on any atom is 0.234 e. The van der Waals surface area contributed by atoms with Crippen LogP contribution in [0.4, 0.5) is 0 Å². The standard InChI is InChI=1S/C33H32BrNO6/c1-16-17(2)30(38)33(3)23(28(16)36)14-22-20(27(33)19-12-24(34)29(37)25(13-19)41-4)10-11-21-26(22)32(40)35(31(21)39)15-18-8-6-5-7-9-18/h5-10,12-13,21-23,26-27,37H,11,14-15H2,1-4H3/t21-,22+,23-,26-,27-,33+/m0/s1. The molecular weight excluding hydrogens is 586 g/mol. The Morgan fingerprint density at radius 1 is 1.02 bits per heavy atom. The zero-order valence-corrected chi connectivity index (χ0v) is 25.0. The van der Waals surface area contributed by atoms with E-state index in [2.05, 4.69) is 15.9 Å². The number of amides is 2. The first-order chi connectivity index (χ1) is 19.5. The molecule has 2 fully saturated rings. The highest BCUT2D eigenvalue weighted by Gasteiger charge is 2.64. The first-order valence-electron chi connectivity index (χ1n) is 13.9. The maximum absolute atomic E-state index is 14.1. The van der Waals surface area contributed by atoms with Gasteiger partial charge in [-0.05, 0) is 82.9 Å². The molecule has 1 N–H and O–H groups in total. The largest absolute Gasteiger partial charge is 0.503 e. The van der Waals surface area contributed by atoms with Gasteiger partial charge in [0, 0.05) is 11.8 Å². The van der Waals surface area contributed by atoms with Crippen LogP contribution in [0.5, 0.6) is 11.5 Å². The highest BCUT2D eigenvalue weighted by molar-refractivity contribution is 9.10. The van der Waals surface area contributed by atoms with Gasteiger partial charge in [-0.15, -0.1) is 0 Å². The van der Waals surface area contributed by atoms with Gasteiger partial charge in [-0.3, -0.25) is 24.1 Å². The Balaban J connectivity index is 1.50. The molecule has 1 aliphatic heterocycles. The van der Waals surface area contributed by atoms with Crippen molar-refractivity contribution in [3.05, 3.63) is 80.9 Å². The molecule has 0 spiro atoms. The average molecular weight is 619 g/mol. The van der Waals surface area contributed by atoms with E-state index in [0.717, 1.165) is 11.1 Å². The number of carbonyl (C=O) groups excluding carboxylic acids is 4. The van der Waals surface area contributed by atoms with Crippen LogP contribution >= 0.6 is 15.9 Å². The van der Waals surface area contributed by atoms with Crippen LogP contribution in [-0.2, 0) is 25.7 Å². The second kappa shape index (κ2) is 9.79. The lowest BCUT2D eigenvalue weighted by Crippen LogP contribution is -2.55. The highest BCUT2D eigenvalue weighted by Crippen LogP contribution is 2.63. The SMILES string of the molecule is COc1cc([C@H]2C3=CC[C@@H]4C(=O)N(Cc5ccccc5)C(=O)[C@@H]4[C@@H]3C[C@H]3C(=O)C(C)=C(C)C(=O)[C@@]23C)cc(Br)c1O. The Labute approximate surface area is 247 Å². The molecule has 6 rings (SSSR count). The predicted molar refractivity (Wildman–Crippen MR) is 155 cm³/mol. The molecule has 2 aromatic rings. The molecule has 1 heterocycles. The molecule has 3 aliphatic carbocycles. The number of hydrogen-bond donors (Lipinski definition) is 1. The molecule has 2 amide bonds. The number of likely N-dealkylation sites (tertiary alicyclic amines) is 1. The van der Waals surface area contributed by atoms with Gasteiger partial charge in [0.25, 0.3) is 0 Å². The molecule has 1 saturated carbocycles. The Kier molecular flexibility index (Phi) is 6.60. The van der Waals surface area contributed by atoms with Crippen molar-refractivity contribution in [2.24, 2.45) is 29.1 Å². The quantitative estimate of drug-likeness (QED) is 0.359. The lowest BCUT2D eigenvalue weighted by Gasteiger charge is -2.54. The molecule has 212 valence electrons. The Morgan fingerprint density at radius 3 is 2.41 bits per heavy atom. The summed E-state index contributed by atoms with van der Waals surface area (Å²) >= 11 is 3.43. The fourth-order valence-electron chi connectivity index (χ4n) is 7.86. The van der Waals surface area contributed by atoms with Gasteiger partial charge in [0.05, 0.1) is 35.4 Å². The van der Waals surface area contributed by atoms with E-state index in [1.165, 1.54) is 12.0 Å². The average Bonchev–Trinajstić information content (AvgIpc) is 3.21. The molecule has 8 heteroatoms. The molecule has 7 nitrogen and oxygen atoms in total. The summed E-state index contributed by atoms with van der Waals surface area (Å²) in [4.78, 5) is 57.0. The van der Waals surface area contributed by atoms with E-state index in [9.17, 15) is 24.3 Å². The number of ketones is 2. The number of hydrogen-bond acceptors (Lipinski definition) is 6. The van der Waals surface area contributed by atoms with Gasteiger partial charge in [0.15, 0.2) is 23.1 Å². The molecule has 6 atom stereocenters. The van der Waals surface area contributed by atoms with Crippen molar-refractivity contribution in [2.45, 2.75) is 46.1 Å². The van der Waals surface area contributed by atoms with Crippen LogP contribution in [-0.4, -0.2) is 40.5 Å². The van der Waals surface area contributed by atoms with Crippen molar-refractivity contribution < 1.29 is 29.0 Å². The maximum atomic E-state index is 14.1. The zero-order chi connectivity index (χ0) is 29.4. The number of phenolic OH excluding ortho intramolecular Hbond substituents is 1. The number of carbonyl (C=O) groups is 4. The lowest BCUT2D eigenvalue weighted by atomic mass is 9.46. The predicted octanol–water partition coefficient (Wildman–Crippen LogP) is 5.51. The number of phenols is 1. The van der Waals surface area contributed by atoms with Gasteiger partial charge in [0.1, 0.15) is 0 Å². The van der Waals surface area contributed by atoms with Gasteiger partial charge >= 0.3 is 0 Å². The van der Waals surface area contributed by atoms with Crippen LogP contribution in [0.3, 0.4) is 0 Å². The minimum atomic E-state index is -1.10. The number of nitrogens with zero attached hydrogens (tertiary/aromatic N) is 1. The first kappa shape index (κ1) is 27.6. The minimum Gasteiger partial charge on any atom is -0.503 e. The van der Waals surface area contributed by atoms with Crippen LogP contribution < -0.4 is 4.74 Å². The van der Waals surface area contributed by atoms with Crippen molar-refractivity contribution in [3.63, 3.8) is 0 Å². The number of fused-ring (bicyclic) bond motifs is 4. The molecule has 41 heavy (non-hydrogen) atoms. The van der Waals surface area contributed by atoms with Crippen LogP contribution in [0.15, 0.2) is 69.7 Å². The first-order valence-corrected chi connectivity index (χ1v) is 14.7.